The van der Waals surface area contributed by atoms with Crippen molar-refractivity contribution in [2.45, 2.75) is 97.8 Å². The highest BCUT2D eigenvalue weighted by molar-refractivity contribution is 7.87. The Morgan fingerprint density at radius 3 is 1.47 bits per heavy atom. The van der Waals surface area contributed by atoms with Crippen LogP contribution in [0.5, 0.6) is 0 Å². The van der Waals surface area contributed by atoms with Gasteiger partial charge in [-0.3, -0.25) is 0 Å². The van der Waals surface area contributed by atoms with Gasteiger partial charge in [0.1, 0.15) is 5.76 Å². The van der Waals surface area contributed by atoms with E-state index in [4.69, 9.17) is 28.3 Å². The standard InChI is InChI=1S/C16H29BO4.C11H17F3O5S.2CH4/c1-14(2)15(3,4)21-17(20-14)13-7-9-16(10-8-13,11-18-5)12-19-6;1-17-7-10(8-18-2)5-3-9(4-6-10)19-20(15,16)11(12,13)14;;/h7H,8-12H2,1-6H3;3H,4-8H2,1-2H3;2*1H4. The Morgan fingerprint density at radius 2 is 1.16 bits per heavy atom. The second-order valence-corrected chi connectivity index (χ2v) is 13.7. The van der Waals surface area contributed by atoms with E-state index in [0.29, 0.717) is 26.1 Å². The van der Waals surface area contributed by atoms with Gasteiger partial charge >= 0.3 is 22.7 Å². The molecule has 1 heterocycles. The number of hydrogen-bond acceptors (Lipinski definition) is 9. The molecule has 9 nitrogen and oxygen atoms in total. The van der Waals surface area contributed by atoms with E-state index in [1.54, 1.807) is 14.2 Å². The summed E-state index contributed by atoms with van der Waals surface area (Å²) in [5.41, 5.74) is -4.97. The van der Waals surface area contributed by atoms with Gasteiger partial charge in [-0.05, 0) is 71.3 Å². The maximum Gasteiger partial charge on any atom is 0.534 e. The van der Waals surface area contributed by atoms with Gasteiger partial charge in [0.05, 0.1) is 37.6 Å². The van der Waals surface area contributed by atoms with Gasteiger partial charge in [0, 0.05) is 45.7 Å². The number of hydrogen-bond donors (Lipinski definition) is 0. The first-order chi connectivity index (χ1) is 18.9. The fourth-order valence-electron chi connectivity index (χ4n) is 5.19. The summed E-state index contributed by atoms with van der Waals surface area (Å²) in [4.78, 5) is 0. The van der Waals surface area contributed by atoms with Crippen molar-refractivity contribution in [2.24, 2.45) is 10.8 Å². The summed E-state index contributed by atoms with van der Waals surface area (Å²) in [5.74, 6) is -0.190. The molecule has 0 radical (unpaired) electrons. The molecule has 0 amide bonds. The lowest BCUT2D eigenvalue weighted by atomic mass is 9.66. The van der Waals surface area contributed by atoms with Crippen LogP contribution in [0.25, 0.3) is 0 Å². The highest BCUT2D eigenvalue weighted by Crippen LogP contribution is 2.43. The third-order valence-electron chi connectivity index (χ3n) is 8.26. The van der Waals surface area contributed by atoms with Crippen LogP contribution in [0.15, 0.2) is 23.4 Å². The highest BCUT2D eigenvalue weighted by atomic mass is 32.2. The third kappa shape index (κ3) is 10.7. The topological polar surface area (TPSA) is 98.8 Å². The van der Waals surface area contributed by atoms with Crippen LogP contribution in [0, 0.1) is 10.8 Å². The summed E-state index contributed by atoms with van der Waals surface area (Å²) in [6.45, 7) is 10.6. The van der Waals surface area contributed by atoms with Crippen molar-refractivity contribution >= 4 is 17.2 Å². The molecule has 0 N–H and O–H groups in total. The molecule has 2 aliphatic carbocycles. The Hall–Kier alpha value is -1.16. The van der Waals surface area contributed by atoms with E-state index in [0.717, 1.165) is 32.5 Å². The summed E-state index contributed by atoms with van der Waals surface area (Å²) in [6, 6.07) is 0. The Bertz CT molecular complexity index is 999. The molecule has 254 valence electrons. The molecule has 43 heavy (non-hydrogen) atoms. The average Bonchev–Trinajstić information content (AvgIpc) is 3.08. The van der Waals surface area contributed by atoms with Crippen LogP contribution >= 0.6 is 0 Å². The molecule has 0 aromatic rings. The lowest BCUT2D eigenvalue weighted by molar-refractivity contribution is -0.0529. The average molecular weight is 647 g/mol. The summed E-state index contributed by atoms with van der Waals surface area (Å²) in [5, 5.41) is 0. The van der Waals surface area contributed by atoms with E-state index in [1.807, 2.05) is 0 Å². The van der Waals surface area contributed by atoms with Crippen molar-refractivity contribution in [2.75, 3.05) is 54.9 Å². The van der Waals surface area contributed by atoms with Crippen LogP contribution < -0.4 is 0 Å². The zero-order valence-corrected chi connectivity index (χ0v) is 26.3. The Labute approximate surface area is 258 Å². The number of ether oxygens (including phenoxy) is 4. The van der Waals surface area contributed by atoms with Gasteiger partial charge in [0.25, 0.3) is 0 Å². The second-order valence-electron chi connectivity index (χ2n) is 12.2. The highest BCUT2D eigenvalue weighted by Gasteiger charge is 2.53. The number of methoxy groups -OCH3 is 4. The predicted molar refractivity (Wildman–Crippen MR) is 162 cm³/mol. The van der Waals surface area contributed by atoms with E-state index < -0.39 is 15.6 Å². The number of rotatable bonds is 11. The number of halogens is 3. The van der Waals surface area contributed by atoms with Crippen LogP contribution in [-0.2, 0) is 42.6 Å². The van der Waals surface area contributed by atoms with Crippen molar-refractivity contribution in [3.8, 4) is 0 Å². The van der Waals surface area contributed by atoms with Crippen molar-refractivity contribution < 1.29 is 54.0 Å². The molecule has 0 saturated carbocycles. The Morgan fingerprint density at radius 1 is 0.767 bits per heavy atom. The summed E-state index contributed by atoms with van der Waals surface area (Å²) < 4.78 is 95.7. The maximum absolute atomic E-state index is 12.2. The van der Waals surface area contributed by atoms with Crippen molar-refractivity contribution in [3.63, 3.8) is 0 Å². The van der Waals surface area contributed by atoms with Gasteiger partial charge in [-0.25, -0.2) is 0 Å². The summed E-state index contributed by atoms with van der Waals surface area (Å²) in [7, 11) is 0.740. The van der Waals surface area contributed by atoms with E-state index in [-0.39, 0.29) is 56.2 Å². The molecule has 3 aliphatic rings. The smallest absolute Gasteiger partial charge is 0.400 e. The molecule has 0 atom stereocenters. The molecule has 3 rings (SSSR count). The molecular weight excluding hydrogens is 592 g/mol. The third-order valence-corrected chi connectivity index (χ3v) is 9.26. The summed E-state index contributed by atoms with van der Waals surface area (Å²) >= 11 is 0. The Balaban J connectivity index is 0.000000785. The van der Waals surface area contributed by atoms with Gasteiger partial charge in [-0.1, -0.05) is 20.9 Å². The SMILES string of the molecule is C.C.COCC1(COC)CC=C(B2OC(C)(C)C(C)(C)O2)CC1.COCC1(COC)CC=C(OS(=O)(=O)C(F)(F)F)CC1. The van der Waals surface area contributed by atoms with Gasteiger partial charge in [0.15, 0.2) is 0 Å². The van der Waals surface area contributed by atoms with Crippen LogP contribution in [0.3, 0.4) is 0 Å². The molecule has 1 saturated heterocycles. The fraction of sp³-hybridized carbons (Fsp3) is 0.862. The zero-order valence-electron chi connectivity index (χ0n) is 25.5. The van der Waals surface area contributed by atoms with Crippen molar-refractivity contribution in [1.82, 2.24) is 0 Å². The fourth-order valence-corrected chi connectivity index (χ4v) is 5.72. The lowest BCUT2D eigenvalue weighted by Gasteiger charge is -2.35. The molecule has 1 aliphatic heterocycles. The quantitative estimate of drug-likeness (QED) is 0.142. The summed E-state index contributed by atoms with van der Waals surface area (Å²) in [6.07, 6.45) is 7.43. The first-order valence-corrected chi connectivity index (χ1v) is 15.0. The van der Waals surface area contributed by atoms with Crippen LogP contribution in [0.4, 0.5) is 13.2 Å². The molecule has 0 aromatic carbocycles. The van der Waals surface area contributed by atoms with Crippen molar-refractivity contribution in [1.29, 1.82) is 0 Å². The molecule has 0 aromatic heterocycles. The van der Waals surface area contributed by atoms with Crippen LogP contribution in [-0.4, -0.2) is 87.1 Å². The monoisotopic (exact) mass is 646 g/mol. The molecule has 14 heteroatoms. The van der Waals surface area contributed by atoms with E-state index in [1.165, 1.54) is 25.8 Å². The molecule has 0 spiro atoms. The Kier molecular flexibility index (Phi) is 16.0. The van der Waals surface area contributed by atoms with Gasteiger partial charge in [0.2, 0.25) is 0 Å². The maximum atomic E-state index is 12.2. The molecule has 0 unspecified atom stereocenters. The van der Waals surface area contributed by atoms with Crippen LogP contribution in [0.2, 0.25) is 0 Å². The van der Waals surface area contributed by atoms with E-state index >= 15 is 0 Å². The molecule has 0 bridgehead atoms. The normalized spacial score (nSPS) is 22.2. The molecule has 1 fully saturated rings. The van der Waals surface area contributed by atoms with Gasteiger partial charge in [-0.2, -0.15) is 21.6 Å². The minimum absolute atomic E-state index is 0. The minimum Gasteiger partial charge on any atom is -0.400 e. The van der Waals surface area contributed by atoms with Gasteiger partial charge in [-0.15, -0.1) is 0 Å². The second kappa shape index (κ2) is 16.4. The first kappa shape index (κ1) is 41.8. The van der Waals surface area contributed by atoms with E-state index in [2.05, 4.69) is 38.0 Å². The van der Waals surface area contributed by atoms with Crippen molar-refractivity contribution in [3.05, 3.63) is 23.4 Å². The predicted octanol–water partition coefficient (Wildman–Crippen LogP) is 6.48. The first-order valence-electron chi connectivity index (χ1n) is 13.6. The zero-order chi connectivity index (χ0) is 31.2. The number of allylic oxidation sites excluding steroid dienone is 4. The lowest BCUT2D eigenvalue weighted by Crippen LogP contribution is -2.41. The minimum atomic E-state index is -5.59. The van der Waals surface area contributed by atoms with Gasteiger partial charge < -0.3 is 32.4 Å². The largest absolute Gasteiger partial charge is 0.534 e. The molecular formula is C29H54BF3O9S. The van der Waals surface area contributed by atoms with E-state index in [9.17, 15) is 21.6 Å². The number of alkyl halides is 3. The van der Waals surface area contributed by atoms with Crippen LogP contribution in [0.1, 0.15) is 81.1 Å².